The predicted octanol–water partition coefficient (Wildman–Crippen LogP) is 0.596. The third-order valence-electron chi connectivity index (χ3n) is 2.13. The summed E-state index contributed by atoms with van der Waals surface area (Å²) in [6.07, 6.45) is -0.642. The van der Waals surface area contributed by atoms with Crippen LogP contribution in [0, 0.1) is 10.1 Å². The molecular weight excluding hydrogens is 226 g/mol. The topological polar surface area (TPSA) is 111 Å². The molecule has 0 saturated carbocycles. The largest absolute Gasteiger partial charge is 0.393 e. The third kappa shape index (κ3) is 3.89. The van der Waals surface area contributed by atoms with Crippen LogP contribution < -0.4 is 11.1 Å². The average Bonchev–Trinajstić information content (AvgIpc) is 2.26. The lowest BCUT2D eigenvalue weighted by Gasteiger charge is -2.12. The highest BCUT2D eigenvalue weighted by atomic mass is 16.6. The minimum atomic E-state index is -0.642. The van der Waals surface area contributed by atoms with E-state index in [1.165, 1.54) is 25.3 Å². The standard InChI is InChI=1S/C10H15N3O4/c1-17-6-8(14)5-12-7-2-3-10(13(15)16)9(11)4-7/h2-4,8,12,14H,5-6,11H2,1H3. The van der Waals surface area contributed by atoms with Crippen molar-refractivity contribution in [2.45, 2.75) is 6.10 Å². The van der Waals surface area contributed by atoms with Gasteiger partial charge in [0.15, 0.2) is 0 Å². The maximum absolute atomic E-state index is 10.5. The Morgan fingerprint density at radius 2 is 2.35 bits per heavy atom. The molecule has 1 atom stereocenters. The Hall–Kier alpha value is -1.86. The molecular formula is C10H15N3O4. The van der Waals surface area contributed by atoms with Gasteiger partial charge in [0.05, 0.1) is 17.6 Å². The first-order valence-electron chi connectivity index (χ1n) is 4.99. The van der Waals surface area contributed by atoms with Gasteiger partial charge in [-0.1, -0.05) is 0 Å². The zero-order chi connectivity index (χ0) is 12.8. The quantitative estimate of drug-likeness (QED) is 0.382. The van der Waals surface area contributed by atoms with Gasteiger partial charge >= 0.3 is 0 Å². The van der Waals surface area contributed by atoms with Gasteiger partial charge in [0.25, 0.3) is 5.69 Å². The highest BCUT2D eigenvalue weighted by Gasteiger charge is 2.11. The summed E-state index contributed by atoms with van der Waals surface area (Å²) < 4.78 is 4.76. The molecule has 1 rings (SSSR count). The minimum absolute atomic E-state index is 0.0845. The number of nitro benzene ring substituents is 1. The molecule has 0 bridgehead atoms. The molecule has 0 aliphatic carbocycles. The number of hydrogen-bond donors (Lipinski definition) is 3. The summed E-state index contributed by atoms with van der Waals surface area (Å²) in [5.74, 6) is 0. The summed E-state index contributed by atoms with van der Waals surface area (Å²) in [5.41, 5.74) is 6.09. The van der Waals surface area contributed by atoms with Gasteiger partial charge in [-0.05, 0) is 12.1 Å². The van der Waals surface area contributed by atoms with Gasteiger partial charge in [-0.15, -0.1) is 0 Å². The van der Waals surface area contributed by atoms with E-state index in [1.54, 1.807) is 0 Å². The summed E-state index contributed by atoms with van der Waals surface area (Å²) in [6, 6.07) is 4.31. The molecule has 0 aromatic heterocycles. The van der Waals surface area contributed by atoms with Gasteiger partial charge < -0.3 is 20.9 Å². The minimum Gasteiger partial charge on any atom is -0.393 e. The van der Waals surface area contributed by atoms with Gasteiger partial charge in [-0.2, -0.15) is 0 Å². The second-order valence-electron chi connectivity index (χ2n) is 3.52. The molecule has 7 nitrogen and oxygen atoms in total. The van der Waals surface area contributed by atoms with Crippen LogP contribution in [0.1, 0.15) is 0 Å². The van der Waals surface area contributed by atoms with Crippen LogP contribution in [0.5, 0.6) is 0 Å². The number of ether oxygens (including phenoxy) is 1. The van der Waals surface area contributed by atoms with Crippen LogP contribution in [0.25, 0.3) is 0 Å². The fraction of sp³-hybridized carbons (Fsp3) is 0.400. The van der Waals surface area contributed by atoms with Crippen molar-refractivity contribution in [3.8, 4) is 0 Å². The third-order valence-corrected chi connectivity index (χ3v) is 2.13. The molecule has 0 spiro atoms. The molecule has 1 aromatic rings. The SMILES string of the molecule is COCC(O)CNc1ccc([N+](=O)[O-])c(N)c1. The monoisotopic (exact) mass is 241 g/mol. The van der Waals surface area contributed by atoms with Crippen molar-refractivity contribution in [3.63, 3.8) is 0 Å². The number of nitrogens with two attached hydrogens (primary N) is 1. The first-order chi connectivity index (χ1) is 8.04. The van der Waals surface area contributed by atoms with Crippen molar-refractivity contribution in [2.75, 3.05) is 31.3 Å². The number of methoxy groups -OCH3 is 1. The highest BCUT2D eigenvalue weighted by molar-refractivity contribution is 5.65. The fourth-order valence-corrected chi connectivity index (χ4v) is 1.32. The second kappa shape index (κ2) is 6.02. The van der Waals surface area contributed by atoms with Crippen molar-refractivity contribution in [3.05, 3.63) is 28.3 Å². The molecule has 0 heterocycles. The average molecular weight is 241 g/mol. The summed E-state index contributed by atoms with van der Waals surface area (Å²) in [6.45, 7) is 0.501. The molecule has 1 unspecified atom stereocenters. The van der Waals surface area contributed by atoms with E-state index >= 15 is 0 Å². The van der Waals surface area contributed by atoms with E-state index < -0.39 is 11.0 Å². The van der Waals surface area contributed by atoms with E-state index in [2.05, 4.69) is 5.32 Å². The van der Waals surface area contributed by atoms with Crippen molar-refractivity contribution >= 4 is 17.1 Å². The Balaban J connectivity index is 2.62. The molecule has 0 saturated heterocycles. The van der Waals surface area contributed by atoms with E-state index in [0.29, 0.717) is 5.69 Å². The fourth-order valence-electron chi connectivity index (χ4n) is 1.32. The molecule has 0 aliphatic rings. The molecule has 0 fully saturated rings. The molecule has 1 aromatic carbocycles. The number of hydrogen-bond acceptors (Lipinski definition) is 6. The zero-order valence-electron chi connectivity index (χ0n) is 9.42. The Morgan fingerprint density at radius 1 is 1.65 bits per heavy atom. The van der Waals surface area contributed by atoms with Gasteiger partial charge in [0.1, 0.15) is 5.69 Å². The van der Waals surface area contributed by atoms with Crippen LogP contribution in [0.15, 0.2) is 18.2 Å². The first-order valence-corrected chi connectivity index (χ1v) is 4.99. The summed E-state index contributed by atoms with van der Waals surface area (Å²) in [4.78, 5) is 9.99. The number of nitrogens with zero attached hydrogens (tertiary/aromatic N) is 1. The Bertz CT molecular complexity index is 397. The molecule has 7 heteroatoms. The van der Waals surface area contributed by atoms with E-state index in [-0.39, 0.29) is 24.5 Å². The number of nitro groups is 1. The molecule has 17 heavy (non-hydrogen) atoms. The number of aliphatic hydroxyl groups excluding tert-OH is 1. The maximum atomic E-state index is 10.5. The molecule has 0 aliphatic heterocycles. The number of nitrogen functional groups attached to an aromatic ring is 1. The smallest absolute Gasteiger partial charge is 0.292 e. The number of benzene rings is 1. The first kappa shape index (κ1) is 13.2. The van der Waals surface area contributed by atoms with Gasteiger partial charge in [0.2, 0.25) is 0 Å². The summed E-state index contributed by atoms with van der Waals surface area (Å²) in [7, 11) is 1.49. The van der Waals surface area contributed by atoms with Crippen molar-refractivity contribution < 1.29 is 14.8 Å². The van der Waals surface area contributed by atoms with Crippen LogP contribution >= 0.6 is 0 Å². The molecule has 0 radical (unpaired) electrons. The van der Waals surface area contributed by atoms with Crippen molar-refractivity contribution in [2.24, 2.45) is 0 Å². The molecule has 0 amide bonds. The number of rotatable bonds is 6. The van der Waals surface area contributed by atoms with Crippen LogP contribution in [0.2, 0.25) is 0 Å². The summed E-state index contributed by atoms with van der Waals surface area (Å²) >= 11 is 0. The summed E-state index contributed by atoms with van der Waals surface area (Å²) in [5, 5.41) is 22.8. The maximum Gasteiger partial charge on any atom is 0.292 e. The number of aliphatic hydroxyl groups is 1. The normalized spacial score (nSPS) is 12.1. The van der Waals surface area contributed by atoms with Gasteiger partial charge in [-0.25, -0.2) is 0 Å². The Labute approximate surface area is 98.3 Å². The molecule has 94 valence electrons. The van der Waals surface area contributed by atoms with Gasteiger partial charge in [0, 0.05) is 25.4 Å². The van der Waals surface area contributed by atoms with Crippen LogP contribution in [-0.4, -0.2) is 36.4 Å². The number of anilines is 2. The van der Waals surface area contributed by atoms with Gasteiger partial charge in [-0.3, -0.25) is 10.1 Å². The van der Waals surface area contributed by atoms with E-state index in [4.69, 9.17) is 10.5 Å². The van der Waals surface area contributed by atoms with Crippen LogP contribution in [0.4, 0.5) is 17.1 Å². The van der Waals surface area contributed by atoms with E-state index in [9.17, 15) is 15.2 Å². The van der Waals surface area contributed by atoms with Crippen LogP contribution in [0.3, 0.4) is 0 Å². The van der Waals surface area contributed by atoms with Crippen LogP contribution in [-0.2, 0) is 4.74 Å². The zero-order valence-corrected chi connectivity index (χ0v) is 9.42. The van der Waals surface area contributed by atoms with E-state index in [0.717, 1.165) is 0 Å². The lowest BCUT2D eigenvalue weighted by molar-refractivity contribution is -0.383. The predicted molar refractivity (Wildman–Crippen MR) is 63.9 cm³/mol. The number of nitrogens with one attached hydrogen (secondary N) is 1. The lowest BCUT2D eigenvalue weighted by atomic mass is 10.2. The van der Waals surface area contributed by atoms with E-state index in [1.807, 2.05) is 0 Å². The molecule has 4 N–H and O–H groups in total. The van der Waals surface area contributed by atoms with Crippen molar-refractivity contribution in [1.29, 1.82) is 0 Å². The second-order valence-corrected chi connectivity index (χ2v) is 3.52. The highest BCUT2D eigenvalue weighted by Crippen LogP contribution is 2.24. The van der Waals surface area contributed by atoms with Crippen molar-refractivity contribution in [1.82, 2.24) is 0 Å². The Kier molecular flexibility index (Phi) is 4.68. The lowest BCUT2D eigenvalue weighted by Crippen LogP contribution is -2.24. The Morgan fingerprint density at radius 3 is 2.88 bits per heavy atom.